The lowest BCUT2D eigenvalue weighted by Crippen LogP contribution is -2.42. The molecule has 0 bridgehead atoms. The maximum atomic E-state index is 11.7. The molecule has 1 heterocycles. The van der Waals surface area contributed by atoms with Crippen LogP contribution in [0.4, 0.5) is 0 Å². The third kappa shape index (κ3) is 3.30. The van der Waals surface area contributed by atoms with Crippen LogP contribution in [0.1, 0.15) is 24.8 Å². The van der Waals surface area contributed by atoms with Crippen LogP contribution in [0.25, 0.3) is 0 Å². The van der Waals surface area contributed by atoms with Crippen LogP contribution < -0.4 is 5.32 Å². The van der Waals surface area contributed by atoms with Crippen molar-refractivity contribution in [2.45, 2.75) is 25.9 Å². The number of hydrogen-bond acceptors (Lipinski definition) is 3. The smallest absolute Gasteiger partial charge is 0.238 e. The number of carbonyl (C=O) groups excluding carboxylic acids is 1. The van der Waals surface area contributed by atoms with Crippen molar-refractivity contribution < 1.29 is 4.79 Å². The first-order chi connectivity index (χ1) is 7.43. The Hall–Kier alpha value is -0.390. The van der Waals surface area contributed by atoms with Crippen LogP contribution in [0, 0.1) is 0 Å². The van der Waals surface area contributed by atoms with E-state index in [1.807, 2.05) is 18.4 Å². The fraction of sp³-hybridized carbons (Fsp3) is 0.545. The molecule has 1 aromatic heterocycles. The molecule has 0 saturated carbocycles. The first-order valence-corrected chi connectivity index (χ1v) is 6.81. The molecule has 0 spiro atoms. The molecule has 1 unspecified atom stereocenters. The first-order valence-electron chi connectivity index (χ1n) is 5.13. The molecule has 90 valence electrons. The Morgan fingerprint density at radius 2 is 2.12 bits per heavy atom. The zero-order valence-electron chi connectivity index (χ0n) is 9.95. The van der Waals surface area contributed by atoms with Gasteiger partial charge in [-0.1, -0.05) is 0 Å². The van der Waals surface area contributed by atoms with Gasteiger partial charge < -0.3 is 4.90 Å². The summed E-state index contributed by atoms with van der Waals surface area (Å²) in [6.45, 7) is 3.95. The topological polar surface area (TPSA) is 32.3 Å². The zero-order chi connectivity index (χ0) is 12.3. The highest BCUT2D eigenvalue weighted by atomic mass is 79.9. The summed E-state index contributed by atoms with van der Waals surface area (Å²) in [5, 5.41) is 5.33. The number of hydrogen-bond donors (Lipinski definition) is 1. The molecular weight excluding hydrogens is 288 g/mol. The molecule has 0 radical (unpaired) electrons. The van der Waals surface area contributed by atoms with Gasteiger partial charge in [-0.2, -0.15) is 0 Å². The molecule has 1 N–H and O–H groups in total. The van der Waals surface area contributed by atoms with Crippen LogP contribution in [0.2, 0.25) is 0 Å². The molecule has 5 heteroatoms. The lowest BCUT2D eigenvalue weighted by molar-refractivity contribution is -0.130. The number of nitrogens with one attached hydrogen (secondary N) is 1. The number of likely N-dealkylation sites (N-methyl/N-ethyl adjacent to an activating group) is 1. The Morgan fingerprint density at radius 1 is 1.50 bits per heavy atom. The van der Waals surface area contributed by atoms with Gasteiger partial charge in [0, 0.05) is 29.5 Å². The molecule has 3 nitrogen and oxygen atoms in total. The van der Waals surface area contributed by atoms with Gasteiger partial charge in [-0.15, -0.1) is 11.3 Å². The quantitative estimate of drug-likeness (QED) is 0.927. The second-order valence-electron chi connectivity index (χ2n) is 3.98. The predicted octanol–water partition coefficient (Wildman–Crippen LogP) is 2.64. The van der Waals surface area contributed by atoms with E-state index in [1.165, 1.54) is 4.88 Å². The molecule has 0 saturated heterocycles. The van der Waals surface area contributed by atoms with Crippen molar-refractivity contribution in [2.75, 3.05) is 14.1 Å². The second kappa shape index (κ2) is 5.80. The van der Waals surface area contributed by atoms with E-state index in [-0.39, 0.29) is 18.0 Å². The van der Waals surface area contributed by atoms with E-state index < -0.39 is 0 Å². The number of halogens is 1. The van der Waals surface area contributed by atoms with Crippen molar-refractivity contribution in [2.24, 2.45) is 0 Å². The van der Waals surface area contributed by atoms with Crippen molar-refractivity contribution in [1.82, 2.24) is 10.2 Å². The Labute approximate surface area is 109 Å². The van der Waals surface area contributed by atoms with Gasteiger partial charge in [0.2, 0.25) is 5.91 Å². The Bertz CT molecular complexity index is 365. The highest BCUT2D eigenvalue weighted by Crippen LogP contribution is 2.28. The minimum absolute atomic E-state index is 0.0968. The van der Waals surface area contributed by atoms with Gasteiger partial charge in [0.15, 0.2) is 0 Å². The van der Waals surface area contributed by atoms with Gasteiger partial charge in [0.1, 0.15) is 0 Å². The summed E-state index contributed by atoms with van der Waals surface area (Å²) in [4.78, 5) is 14.5. The van der Waals surface area contributed by atoms with Crippen molar-refractivity contribution in [3.05, 3.63) is 20.8 Å². The van der Waals surface area contributed by atoms with E-state index in [9.17, 15) is 4.79 Å². The molecule has 1 aromatic rings. The first kappa shape index (κ1) is 13.7. The van der Waals surface area contributed by atoms with Crippen molar-refractivity contribution in [1.29, 1.82) is 0 Å². The van der Waals surface area contributed by atoms with Crippen LogP contribution in [-0.4, -0.2) is 30.9 Å². The van der Waals surface area contributed by atoms with E-state index in [0.29, 0.717) is 0 Å². The minimum atomic E-state index is -0.168. The third-order valence-electron chi connectivity index (χ3n) is 2.35. The largest absolute Gasteiger partial charge is 0.347 e. The molecule has 0 aliphatic carbocycles. The van der Waals surface area contributed by atoms with Crippen molar-refractivity contribution >= 4 is 33.2 Å². The average molecular weight is 305 g/mol. The van der Waals surface area contributed by atoms with Crippen LogP contribution in [0.5, 0.6) is 0 Å². The molecule has 1 amide bonds. The third-order valence-corrected chi connectivity index (χ3v) is 4.40. The summed E-state index contributed by atoms with van der Waals surface area (Å²) in [7, 11) is 3.54. The molecule has 0 fully saturated rings. The van der Waals surface area contributed by atoms with E-state index in [4.69, 9.17) is 0 Å². The highest BCUT2D eigenvalue weighted by molar-refractivity contribution is 9.10. The maximum Gasteiger partial charge on any atom is 0.238 e. The number of thiophene rings is 1. The van der Waals surface area contributed by atoms with Crippen LogP contribution >= 0.6 is 27.3 Å². The predicted molar refractivity (Wildman–Crippen MR) is 71.7 cm³/mol. The molecular formula is C11H17BrN2OS. The van der Waals surface area contributed by atoms with E-state index in [2.05, 4.69) is 28.2 Å². The van der Waals surface area contributed by atoms with Gasteiger partial charge in [0.05, 0.1) is 6.04 Å². The fourth-order valence-corrected chi connectivity index (χ4v) is 3.26. The summed E-state index contributed by atoms with van der Waals surface area (Å²) < 4.78 is 1.10. The van der Waals surface area contributed by atoms with Crippen molar-refractivity contribution in [3.8, 4) is 0 Å². The normalized spacial score (nSPS) is 14.6. The summed E-state index contributed by atoms with van der Waals surface area (Å²) in [5.41, 5.74) is 0. The Morgan fingerprint density at radius 3 is 2.56 bits per heavy atom. The van der Waals surface area contributed by atoms with Crippen LogP contribution in [-0.2, 0) is 4.79 Å². The van der Waals surface area contributed by atoms with Crippen molar-refractivity contribution in [3.63, 3.8) is 0 Å². The summed E-state index contributed by atoms with van der Waals surface area (Å²) >= 11 is 5.18. The SMILES string of the molecule is CC(N[C@H](C)C(=O)N(C)C)c1sccc1Br. The Balaban J connectivity index is 2.62. The van der Waals surface area contributed by atoms with Crippen LogP contribution in [0.15, 0.2) is 15.9 Å². The van der Waals surface area contributed by atoms with Gasteiger partial charge in [-0.05, 0) is 41.2 Å². The van der Waals surface area contributed by atoms with E-state index in [1.54, 1.807) is 30.3 Å². The molecule has 2 atom stereocenters. The van der Waals surface area contributed by atoms with E-state index >= 15 is 0 Å². The zero-order valence-corrected chi connectivity index (χ0v) is 12.4. The molecule has 16 heavy (non-hydrogen) atoms. The highest BCUT2D eigenvalue weighted by Gasteiger charge is 2.19. The molecule has 0 aliphatic heterocycles. The fourth-order valence-electron chi connectivity index (χ4n) is 1.52. The summed E-state index contributed by atoms with van der Waals surface area (Å²) in [6.07, 6.45) is 0. The molecule has 0 aliphatic rings. The van der Waals surface area contributed by atoms with Crippen LogP contribution in [0.3, 0.4) is 0 Å². The number of rotatable bonds is 4. The van der Waals surface area contributed by atoms with Gasteiger partial charge in [0.25, 0.3) is 0 Å². The van der Waals surface area contributed by atoms with Gasteiger partial charge in [-0.25, -0.2) is 0 Å². The lowest BCUT2D eigenvalue weighted by Gasteiger charge is -2.21. The second-order valence-corrected chi connectivity index (χ2v) is 5.78. The summed E-state index contributed by atoms with van der Waals surface area (Å²) in [6, 6.07) is 2.03. The monoisotopic (exact) mass is 304 g/mol. The number of carbonyl (C=O) groups is 1. The average Bonchev–Trinajstić information content (AvgIpc) is 2.62. The lowest BCUT2D eigenvalue weighted by atomic mass is 10.2. The Kier molecular flexibility index (Phi) is 4.95. The standard InChI is InChI=1S/C11H17BrN2OS/c1-7(10-9(12)5-6-16-10)13-8(2)11(15)14(3)4/h5-8,13H,1-4H3/t7?,8-/m1/s1. The number of amides is 1. The van der Waals surface area contributed by atoms with E-state index in [0.717, 1.165) is 4.47 Å². The minimum Gasteiger partial charge on any atom is -0.347 e. The summed E-state index contributed by atoms with van der Waals surface area (Å²) in [5.74, 6) is 0.0968. The molecule has 1 rings (SSSR count). The number of nitrogens with zero attached hydrogens (tertiary/aromatic N) is 1. The maximum absolute atomic E-state index is 11.7. The molecule has 0 aromatic carbocycles. The van der Waals surface area contributed by atoms with Gasteiger partial charge >= 0.3 is 0 Å². The van der Waals surface area contributed by atoms with Gasteiger partial charge in [-0.3, -0.25) is 10.1 Å².